The number of carboxylic acids is 1. The van der Waals surface area contributed by atoms with Crippen LogP contribution in [0.2, 0.25) is 5.02 Å². The van der Waals surface area contributed by atoms with Crippen molar-refractivity contribution in [1.82, 2.24) is 4.72 Å². The third kappa shape index (κ3) is 4.95. The van der Waals surface area contributed by atoms with Crippen LogP contribution in [0.25, 0.3) is 22.3 Å². The first-order chi connectivity index (χ1) is 17.1. The summed E-state index contributed by atoms with van der Waals surface area (Å²) < 4.78 is 34.4. The highest BCUT2D eigenvalue weighted by atomic mass is 35.5. The summed E-state index contributed by atoms with van der Waals surface area (Å²) in [6.45, 7) is 1.42. The molecule has 0 spiro atoms. The largest absolute Gasteiger partial charge is 0.481 e. The van der Waals surface area contributed by atoms with Crippen molar-refractivity contribution < 1.29 is 27.5 Å². The Hall–Kier alpha value is -4.15. The molecule has 4 aromatic rings. The number of urea groups is 1. The fraction of sp³-hybridized carbons (Fsp3) is 0.0800. The molecule has 0 aliphatic carbocycles. The Labute approximate surface area is 210 Å². The summed E-state index contributed by atoms with van der Waals surface area (Å²) in [5.41, 5.74) is -0.283. The number of halogens is 1. The van der Waals surface area contributed by atoms with E-state index in [2.05, 4.69) is 5.32 Å². The van der Waals surface area contributed by atoms with Crippen LogP contribution in [-0.2, 0) is 14.8 Å². The number of hydrogen-bond donors (Lipinski definition) is 3. The Bertz CT molecular complexity index is 1630. The molecule has 0 aliphatic rings. The van der Waals surface area contributed by atoms with Crippen LogP contribution in [0.4, 0.5) is 10.5 Å². The minimum atomic E-state index is -4.75. The number of nitrogens with one attached hydrogen (secondary N) is 2. The summed E-state index contributed by atoms with van der Waals surface area (Å²) in [5, 5.41) is 12.1. The quantitative estimate of drug-likeness (QED) is 0.327. The Morgan fingerprint density at radius 1 is 0.972 bits per heavy atom. The molecule has 3 aromatic carbocycles. The molecule has 0 saturated carbocycles. The average Bonchev–Trinajstić information content (AvgIpc) is 2.84. The second kappa shape index (κ2) is 9.84. The van der Waals surface area contributed by atoms with Gasteiger partial charge in [0, 0.05) is 21.8 Å². The number of carboxylic acid groups (broad SMARTS) is 1. The van der Waals surface area contributed by atoms with Crippen LogP contribution in [0.3, 0.4) is 0 Å². The molecule has 0 saturated heterocycles. The van der Waals surface area contributed by atoms with Gasteiger partial charge in [0.25, 0.3) is 10.0 Å². The topological polar surface area (TPSA) is 143 Å². The highest BCUT2D eigenvalue weighted by Crippen LogP contribution is 2.32. The first kappa shape index (κ1) is 25.0. The molecule has 0 bridgehead atoms. The molecule has 36 heavy (non-hydrogen) atoms. The number of aliphatic carboxylic acids is 1. The maximum Gasteiger partial charge on any atom is 0.333 e. The molecule has 0 fully saturated rings. The zero-order valence-electron chi connectivity index (χ0n) is 18.7. The highest BCUT2D eigenvalue weighted by Gasteiger charge is 2.31. The van der Waals surface area contributed by atoms with Gasteiger partial charge in [0.1, 0.15) is 5.58 Å². The van der Waals surface area contributed by atoms with Gasteiger partial charge in [0.15, 0.2) is 10.7 Å². The first-order valence-electron chi connectivity index (χ1n) is 10.6. The second-order valence-corrected chi connectivity index (χ2v) is 9.86. The normalized spacial score (nSPS) is 12.2. The van der Waals surface area contributed by atoms with Crippen LogP contribution in [-0.4, -0.2) is 25.5 Å². The number of amides is 2. The van der Waals surface area contributed by atoms with Gasteiger partial charge in [0.05, 0.1) is 11.3 Å². The number of para-hydroxylation sites is 1. The van der Waals surface area contributed by atoms with Crippen LogP contribution in [0.15, 0.2) is 86.9 Å². The Morgan fingerprint density at radius 3 is 2.28 bits per heavy atom. The van der Waals surface area contributed by atoms with Gasteiger partial charge in [-0.2, -0.15) is 0 Å². The lowest BCUT2D eigenvalue weighted by molar-refractivity contribution is -0.138. The lowest BCUT2D eigenvalue weighted by Crippen LogP contribution is -2.37. The van der Waals surface area contributed by atoms with Crippen molar-refractivity contribution in [2.75, 3.05) is 5.32 Å². The Balaban J connectivity index is 1.88. The van der Waals surface area contributed by atoms with Gasteiger partial charge in [-0.05, 0) is 37.3 Å². The van der Waals surface area contributed by atoms with Gasteiger partial charge in [-0.1, -0.05) is 54.1 Å². The smallest absolute Gasteiger partial charge is 0.333 e. The van der Waals surface area contributed by atoms with Gasteiger partial charge in [-0.3, -0.25) is 9.59 Å². The zero-order valence-corrected chi connectivity index (χ0v) is 20.3. The summed E-state index contributed by atoms with van der Waals surface area (Å²) in [5.74, 6) is -2.51. The molecule has 2 amide bonds. The molecule has 0 radical (unpaired) electrons. The molecular weight excluding hydrogens is 508 g/mol. The van der Waals surface area contributed by atoms with E-state index in [0.29, 0.717) is 5.02 Å². The average molecular weight is 527 g/mol. The zero-order chi connectivity index (χ0) is 26.0. The van der Waals surface area contributed by atoms with E-state index in [1.54, 1.807) is 18.2 Å². The minimum Gasteiger partial charge on any atom is -0.481 e. The maximum atomic E-state index is 13.5. The molecular formula is C25H19ClN2O7S. The Kier molecular flexibility index (Phi) is 6.82. The monoisotopic (exact) mass is 526 g/mol. The second-order valence-electron chi connectivity index (χ2n) is 7.81. The van der Waals surface area contributed by atoms with Crippen LogP contribution < -0.4 is 15.5 Å². The van der Waals surface area contributed by atoms with E-state index in [4.69, 9.17) is 16.0 Å². The third-order valence-corrected chi connectivity index (χ3v) is 6.99. The molecule has 4 rings (SSSR count). The van der Waals surface area contributed by atoms with Crippen LogP contribution in [0.5, 0.6) is 0 Å². The van der Waals surface area contributed by atoms with Gasteiger partial charge >= 0.3 is 12.0 Å². The van der Waals surface area contributed by atoms with E-state index < -0.39 is 38.3 Å². The molecule has 1 unspecified atom stereocenters. The van der Waals surface area contributed by atoms with Crippen molar-refractivity contribution >= 4 is 50.3 Å². The van der Waals surface area contributed by atoms with E-state index in [-0.39, 0.29) is 33.5 Å². The number of hydrogen-bond acceptors (Lipinski definition) is 6. The van der Waals surface area contributed by atoms with E-state index in [1.807, 2.05) is 4.72 Å². The van der Waals surface area contributed by atoms with Crippen molar-refractivity contribution in [3.05, 3.63) is 93.6 Å². The van der Waals surface area contributed by atoms with Crippen LogP contribution in [0, 0.1) is 0 Å². The molecule has 3 N–H and O–H groups in total. The van der Waals surface area contributed by atoms with Crippen molar-refractivity contribution in [1.29, 1.82) is 0 Å². The van der Waals surface area contributed by atoms with Gasteiger partial charge in [-0.25, -0.2) is 17.9 Å². The third-order valence-electron chi connectivity index (χ3n) is 5.38. The summed E-state index contributed by atoms with van der Waals surface area (Å²) in [6.07, 6.45) is 0. The van der Waals surface area contributed by atoms with Crippen molar-refractivity contribution in [2.24, 2.45) is 0 Å². The van der Waals surface area contributed by atoms with E-state index in [9.17, 15) is 27.9 Å². The van der Waals surface area contributed by atoms with Crippen LogP contribution >= 0.6 is 11.6 Å². The predicted octanol–water partition coefficient (Wildman–Crippen LogP) is 4.81. The number of sulfonamides is 1. The van der Waals surface area contributed by atoms with Crippen molar-refractivity contribution in [3.63, 3.8) is 0 Å². The number of rotatable bonds is 6. The van der Waals surface area contributed by atoms with Gasteiger partial charge in [0.2, 0.25) is 5.43 Å². The van der Waals surface area contributed by atoms with Gasteiger partial charge < -0.3 is 14.8 Å². The fourth-order valence-corrected chi connectivity index (χ4v) is 4.86. The molecule has 1 atom stereocenters. The highest BCUT2D eigenvalue weighted by molar-refractivity contribution is 7.90. The van der Waals surface area contributed by atoms with Crippen LogP contribution in [0.1, 0.15) is 18.4 Å². The van der Waals surface area contributed by atoms with E-state index >= 15 is 0 Å². The number of benzene rings is 3. The number of fused-ring (bicyclic) bond motifs is 1. The van der Waals surface area contributed by atoms with E-state index in [0.717, 1.165) is 0 Å². The summed E-state index contributed by atoms with van der Waals surface area (Å²) in [6, 6.07) is 17.1. The molecule has 0 aliphatic heterocycles. The Morgan fingerprint density at radius 2 is 1.64 bits per heavy atom. The summed E-state index contributed by atoms with van der Waals surface area (Å²) in [4.78, 5) is 36.9. The summed E-state index contributed by atoms with van der Waals surface area (Å²) in [7, 11) is -4.75. The SMILES string of the molecule is CC(C(=O)O)c1cccc2c(=O)c(S(=O)(=O)NC(=O)Nc3ccc(Cl)cc3)c(-c3ccccc3)oc12. The molecule has 1 heterocycles. The lowest BCUT2D eigenvalue weighted by atomic mass is 9.98. The lowest BCUT2D eigenvalue weighted by Gasteiger charge is -2.15. The number of carbonyl (C=O) groups excluding carboxylic acids is 1. The first-order valence-corrected chi connectivity index (χ1v) is 12.4. The molecule has 9 nitrogen and oxygen atoms in total. The molecule has 1 aromatic heterocycles. The fourth-order valence-electron chi connectivity index (χ4n) is 3.58. The number of carbonyl (C=O) groups is 2. The minimum absolute atomic E-state index is 0.0548. The number of anilines is 1. The summed E-state index contributed by atoms with van der Waals surface area (Å²) >= 11 is 5.82. The maximum absolute atomic E-state index is 13.5. The molecule has 184 valence electrons. The van der Waals surface area contributed by atoms with E-state index in [1.165, 1.54) is 61.5 Å². The van der Waals surface area contributed by atoms with Gasteiger partial charge in [-0.15, -0.1) is 0 Å². The predicted molar refractivity (Wildman–Crippen MR) is 135 cm³/mol. The standard InChI is InChI=1S/C25H19ClN2O7S/c1-14(24(30)31)18-8-5-9-19-20(29)23(21(35-22(18)19)15-6-3-2-4-7-15)36(33,34)28-25(32)27-17-12-10-16(26)11-13-17/h2-14H,1H3,(H,30,31)(H2,27,28,32). The van der Waals surface area contributed by atoms with Crippen molar-refractivity contribution in [3.8, 4) is 11.3 Å². The van der Waals surface area contributed by atoms with Crippen molar-refractivity contribution in [2.45, 2.75) is 17.7 Å². The molecule has 11 heteroatoms.